The Bertz CT molecular complexity index is 920. The van der Waals surface area contributed by atoms with Crippen molar-refractivity contribution in [3.8, 4) is 0 Å². The average Bonchev–Trinajstić information content (AvgIpc) is 2.64. The van der Waals surface area contributed by atoms with Gasteiger partial charge in [0.25, 0.3) is 0 Å². The quantitative estimate of drug-likeness (QED) is 0.696. The number of carbonyl (C=O) groups is 1. The Balaban J connectivity index is 1.73. The van der Waals surface area contributed by atoms with Crippen molar-refractivity contribution in [2.45, 2.75) is 6.04 Å². The van der Waals surface area contributed by atoms with Crippen LogP contribution in [0.15, 0.2) is 72.8 Å². The van der Waals surface area contributed by atoms with Crippen LogP contribution in [0.1, 0.15) is 17.2 Å². The highest BCUT2D eigenvalue weighted by Crippen LogP contribution is 2.20. The predicted molar refractivity (Wildman–Crippen MR) is 97.4 cm³/mol. The molecular weight excluding hydrogens is 317 g/mol. The maximum Gasteiger partial charge on any atom is 0.244 e. The van der Waals surface area contributed by atoms with E-state index in [-0.39, 0.29) is 18.3 Å². The molecule has 0 spiro atoms. The van der Waals surface area contributed by atoms with E-state index < -0.39 is 6.04 Å². The third-order valence-corrected chi connectivity index (χ3v) is 3.95. The molecule has 0 aliphatic rings. The minimum Gasteiger partial charge on any atom is -0.394 e. The van der Waals surface area contributed by atoms with Crippen LogP contribution in [0, 0.1) is 5.82 Å². The minimum atomic E-state index is -0.505. The van der Waals surface area contributed by atoms with E-state index in [1.807, 2.05) is 42.5 Å². The zero-order valence-electron chi connectivity index (χ0n) is 13.5. The summed E-state index contributed by atoms with van der Waals surface area (Å²) in [4.78, 5) is 12.1. The molecule has 0 bridgehead atoms. The molecule has 0 aliphatic heterocycles. The highest BCUT2D eigenvalue weighted by molar-refractivity contribution is 5.92. The normalized spacial score (nSPS) is 12.4. The first kappa shape index (κ1) is 16.9. The van der Waals surface area contributed by atoms with Gasteiger partial charge in [0, 0.05) is 6.08 Å². The van der Waals surface area contributed by atoms with E-state index in [1.54, 1.807) is 12.1 Å². The molecule has 0 heterocycles. The number of aliphatic hydroxyl groups is 1. The molecule has 126 valence electrons. The van der Waals surface area contributed by atoms with Crippen LogP contribution >= 0.6 is 0 Å². The van der Waals surface area contributed by atoms with Crippen molar-refractivity contribution in [1.82, 2.24) is 5.32 Å². The van der Waals surface area contributed by atoms with Crippen molar-refractivity contribution in [3.05, 3.63) is 89.8 Å². The fraction of sp³-hybridized carbons (Fsp3) is 0.0952. The number of amides is 1. The van der Waals surface area contributed by atoms with Gasteiger partial charge in [-0.25, -0.2) is 4.39 Å². The molecule has 0 aromatic heterocycles. The highest BCUT2D eigenvalue weighted by atomic mass is 19.1. The lowest BCUT2D eigenvalue weighted by molar-refractivity contribution is -0.117. The summed E-state index contributed by atoms with van der Waals surface area (Å²) in [5, 5.41) is 14.5. The molecule has 3 aromatic carbocycles. The van der Waals surface area contributed by atoms with E-state index in [0.29, 0.717) is 5.56 Å². The largest absolute Gasteiger partial charge is 0.394 e. The number of carbonyl (C=O) groups excluding carboxylic acids is 1. The molecule has 1 amide bonds. The summed E-state index contributed by atoms with van der Waals surface area (Å²) in [6.45, 7) is -0.210. The summed E-state index contributed by atoms with van der Waals surface area (Å²) in [5.41, 5.74) is 1.43. The van der Waals surface area contributed by atoms with Gasteiger partial charge in [0.05, 0.1) is 12.6 Å². The Morgan fingerprint density at radius 1 is 1.04 bits per heavy atom. The second-order valence-corrected chi connectivity index (χ2v) is 5.74. The number of halogens is 1. The van der Waals surface area contributed by atoms with Crippen LogP contribution in [-0.4, -0.2) is 17.6 Å². The predicted octanol–water partition coefficient (Wildman–Crippen LogP) is 3.84. The monoisotopic (exact) mass is 335 g/mol. The van der Waals surface area contributed by atoms with Crippen LogP contribution in [0.4, 0.5) is 4.39 Å². The zero-order chi connectivity index (χ0) is 17.6. The lowest BCUT2D eigenvalue weighted by atomic mass is 10.0. The molecule has 1 unspecified atom stereocenters. The van der Waals surface area contributed by atoms with Crippen LogP contribution in [0.5, 0.6) is 0 Å². The molecular formula is C21H18FNO2. The van der Waals surface area contributed by atoms with Crippen molar-refractivity contribution < 1.29 is 14.3 Å². The maximum atomic E-state index is 13.1. The molecule has 0 aliphatic carbocycles. The van der Waals surface area contributed by atoms with Gasteiger partial charge in [-0.2, -0.15) is 0 Å². The second kappa shape index (κ2) is 7.73. The van der Waals surface area contributed by atoms with Crippen LogP contribution in [-0.2, 0) is 4.79 Å². The smallest absolute Gasteiger partial charge is 0.244 e. The lowest BCUT2D eigenvalue weighted by Gasteiger charge is -2.16. The van der Waals surface area contributed by atoms with Gasteiger partial charge in [-0.15, -0.1) is 0 Å². The first-order valence-corrected chi connectivity index (χ1v) is 7.99. The van der Waals surface area contributed by atoms with E-state index in [2.05, 4.69) is 5.32 Å². The highest BCUT2D eigenvalue weighted by Gasteiger charge is 2.12. The number of aliphatic hydroxyl groups excluding tert-OH is 1. The first-order chi connectivity index (χ1) is 12.2. The Hall–Kier alpha value is -2.98. The maximum absolute atomic E-state index is 13.1. The fourth-order valence-electron chi connectivity index (χ4n) is 2.66. The third kappa shape index (κ3) is 4.31. The van der Waals surface area contributed by atoms with Crippen LogP contribution in [0.25, 0.3) is 16.8 Å². The number of rotatable bonds is 5. The van der Waals surface area contributed by atoms with E-state index in [9.17, 15) is 14.3 Å². The molecule has 3 rings (SSSR count). The average molecular weight is 335 g/mol. The molecule has 0 saturated heterocycles. The molecule has 25 heavy (non-hydrogen) atoms. The van der Waals surface area contributed by atoms with Crippen molar-refractivity contribution >= 4 is 22.8 Å². The van der Waals surface area contributed by atoms with Gasteiger partial charge in [-0.3, -0.25) is 4.79 Å². The first-order valence-electron chi connectivity index (χ1n) is 7.99. The summed E-state index contributed by atoms with van der Waals surface area (Å²) in [6, 6.07) is 19.2. The van der Waals surface area contributed by atoms with Gasteiger partial charge in [0.1, 0.15) is 5.82 Å². The van der Waals surface area contributed by atoms with E-state index in [4.69, 9.17) is 0 Å². The van der Waals surface area contributed by atoms with E-state index >= 15 is 0 Å². The minimum absolute atomic E-state index is 0.210. The van der Waals surface area contributed by atoms with Crippen LogP contribution in [0.2, 0.25) is 0 Å². The number of nitrogens with one attached hydrogen (secondary N) is 1. The van der Waals surface area contributed by atoms with Crippen LogP contribution < -0.4 is 5.32 Å². The molecule has 0 radical (unpaired) electrons. The van der Waals surface area contributed by atoms with Gasteiger partial charge in [0.15, 0.2) is 0 Å². The van der Waals surface area contributed by atoms with Crippen molar-refractivity contribution in [2.75, 3.05) is 6.61 Å². The number of fused-ring (bicyclic) bond motifs is 1. The van der Waals surface area contributed by atoms with Gasteiger partial charge >= 0.3 is 0 Å². The Kier molecular flexibility index (Phi) is 5.21. The second-order valence-electron chi connectivity index (χ2n) is 5.74. The van der Waals surface area contributed by atoms with E-state index in [1.165, 1.54) is 24.3 Å². The van der Waals surface area contributed by atoms with Crippen molar-refractivity contribution in [2.24, 2.45) is 0 Å². The SMILES string of the molecule is O=C(C=Cc1cccc(F)c1)NC(CO)c1ccc2ccccc2c1. The van der Waals surface area contributed by atoms with Gasteiger partial charge in [-0.1, -0.05) is 48.5 Å². The van der Waals surface area contributed by atoms with Gasteiger partial charge in [-0.05, 0) is 46.2 Å². The zero-order valence-corrected chi connectivity index (χ0v) is 13.5. The molecule has 0 fully saturated rings. The number of benzene rings is 3. The molecule has 0 saturated carbocycles. The summed E-state index contributed by atoms with van der Waals surface area (Å²) in [5.74, 6) is -0.705. The van der Waals surface area contributed by atoms with Gasteiger partial charge in [0.2, 0.25) is 5.91 Å². The molecule has 2 N–H and O–H groups in total. The lowest BCUT2D eigenvalue weighted by Crippen LogP contribution is -2.29. The Morgan fingerprint density at radius 3 is 2.60 bits per heavy atom. The standard InChI is InChI=1S/C21H18FNO2/c22-19-7-3-4-15(12-19)8-11-21(25)23-20(14-24)18-10-9-16-5-1-2-6-17(16)13-18/h1-13,20,24H,14H2,(H,23,25). The molecule has 3 aromatic rings. The summed E-state index contributed by atoms with van der Waals surface area (Å²) >= 11 is 0. The van der Waals surface area contributed by atoms with Crippen LogP contribution in [0.3, 0.4) is 0 Å². The third-order valence-electron chi connectivity index (χ3n) is 3.95. The van der Waals surface area contributed by atoms with Gasteiger partial charge < -0.3 is 10.4 Å². The number of hydrogen-bond acceptors (Lipinski definition) is 2. The molecule has 1 atom stereocenters. The molecule has 4 heteroatoms. The fourth-order valence-corrected chi connectivity index (χ4v) is 2.66. The van der Waals surface area contributed by atoms with E-state index in [0.717, 1.165) is 16.3 Å². The summed E-state index contributed by atoms with van der Waals surface area (Å²) in [6.07, 6.45) is 2.87. The van der Waals surface area contributed by atoms with Crippen molar-refractivity contribution in [1.29, 1.82) is 0 Å². The number of hydrogen-bond donors (Lipinski definition) is 2. The molecule has 3 nitrogen and oxygen atoms in total. The Morgan fingerprint density at radius 2 is 1.84 bits per heavy atom. The summed E-state index contributed by atoms with van der Waals surface area (Å²) < 4.78 is 13.1. The topological polar surface area (TPSA) is 49.3 Å². The van der Waals surface area contributed by atoms with Crippen molar-refractivity contribution in [3.63, 3.8) is 0 Å². The summed E-state index contributed by atoms with van der Waals surface area (Å²) in [7, 11) is 0. The Labute approximate surface area is 145 Å².